The molecule has 1 atom stereocenters. The Morgan fingerprint density at radius 1 is 1.54 bits per heavy atom. The van der Waals surface area contributed by atoms with E-state index in [2.05, 4.69) is 25.3 Å². The molecule has 0 bridgehead atoms. The molecular weight excluding hydrogens is 164 g/mol. The van der Waals surface area contributed by atoms with Crippen molar-refractivity contribution in [3.05, 3.63) is 12.7 Å². The molecule has 1 aliphatic rings. The van der Waals surface area contributed by atoms with Gasteiger partial charge in [-0.1, -0.05) is 19.9 Å². The summed E-state index contributed by atoms with van der Waals surface area (Å²) in [5.41, 5.74) is 0. The van der Waals surface area contributed by atoms with E-state index in [0.29, 0.717) is 12.0 Å². The largest absolute Gasteiger partial charge is 0.314 e. The molecule has 1 heterocycles. The topological polar surface area (TPSA) is 26.7 Å². The number of rotatable bonds is 3. The van der Waals surface area contributed by atoms with Crippen LogP contribution in [0.4, 0.5) is 0 Å². The molecule has 1 fully saturated rings. The van der Waals surface area contributed by atoms with Crippen molar-refractivity contribution in [1.82, 2.24) is 9.96 Å². The van der Waals surface area contributed by atoms with Crippen molar-refractivity contribution in [2.24, 2.45) is 5.92 Å². The van der Waals surface area contributed by atoms with Gasteiger partial charge in [0.25, 0.3) is 0 Å². The highest BCUT2D eigenvalue weighted by Gasteiger charge is 2.27. The summed E-state index contributed by atoms with van der Waals surface area (Å²) in [5.74, 6) is 0.579. The summed E-state index contributed by atoms with van der Waals surface area (Å²) in [6, 6.07) is 0.455. The molecule has 0 aliphatic carbocycles. The summed E-state index contributed by atoms with van der Waals surface area (Å²) in [7, 11) is 0. The Morgan fingerprint density at radius 2 is 2.23 bits per heavy atom. The first-order chi connectivity index (χ1) is 6.15. The van der Waals surface area contributed by atoms with Crippen LogP contribution in [0.1, 0.15) is 13.8 Å². The molecule has 0 spiro atoms. The highest BCUT2D eigenvalue weighted by Crippen LogP contribution is 2.15. The Balaban J connectivity index is 2.54. The fourth-order valence-corrected chi connectivity index (χ4v) is 1.86. The van der Waals surface area contributed by atoms with E-state index in [1.165, 1.54) is 5.06 Å². The van der Waals surface area contributed by atoms with Gasteiger partial charge in [0, 0.05) is 32.2 Å². The van der Waals surface area contributed by atoms with Gasteiger partial charge in [0.2, 0.25) is 0 Å². The van der Waals surface area contributed by atoms with E-state index in [4.69, 9.17) is 0 Å². The average Bonchev–Trinajstić information content (AvgIpc) is 2.08. The third kappa shape index (κ3) is 2.79. The van der Waals surface area contributed by atoms with Crippen LogP contribution >= 0.6 is 0 Å². The molecule has 1 saturated heterocycles. The lowest BCUT2D eigenvalue weighted by Gasteiger charge is -2.40. The predicted molar refractivity (Wildman–Crippen MR) is 53.8 cm³/mol. The van der Waals surface area contributed by atoms with E-state index < -0.39 is 0 Å². The van der Waals surface area contributed by atoms with Gasteiger partial charge in [-0.15, -0.1) is 6.58 Å². The fourth-order valence-electron chi connectivity index (χ4n) is 1.86. The minimum Gasteiger partial charge on any atom is -0.314 e. The molecule has 0 saturated carbocycles. The van der Waals surface area contributed by atoms with Crippen molar-refractivity contribution < 1.29 is 5.21 Å². The molecular formula is C10H20N2O. The SMILES string of the molecule is C=CCN1CCN(O)CC1C(C)C. The average molecular weight is 184 g/mol. The lowest BCUT2D eigenvalue weighted by molar-refractivity contribution is -0.138. The molecule has 0 aromatic rings. The number of nitrogens with zero attached hydrogens (tertiary/aromatic N) is 2. The summed E-state index contributed by atoms with van der Waals surface area (Å²) in [6.07, 6.45) is 1.93. The van der Waals surface area contributed by atoms with Crippen molar-refractivity contribution in [3.8, 4) is 0 Å². The minimum absolute atomic E-state index is 0.455. The van der Waals surface area contributed by atoms with Crippen LogP contribution in [0, 0.1) is 5.92 Å². The van der Waals surface area contributed by atoms with E-state index in [1.807, 2.05) is 6.08 Å². The summed E-state index contributed by atoms with van der Waals surface area (Å²) in [4.78, 5) is 2.38. The van der Waals surface area contributed by atoms with Crippen LogP contribution in [-0.2, 0) is 0 Å². The molecule has 0 radical (unpaired) electrons. The van der Waals surface area contributed by atoms with Crippen LogP contribution < -0.4 is 0 Å². The quantitative estimate of drug-likeness (QED) is 0.668. The fraction of sp³-hybridized carbons (Fsp3) is 0.800. The first kappa shape index (κ1) is 10.7. The van der Waals surface area contributed by atoms with Gasteiger partial charge in [-0.05, 0) is 5.92 Å². The highest BCUT2D eigenvalue weighted by atomic mass is 16.5. The third-order valence-electron chi connectivity index (χ3n) is 2.65. The molecule has 0 aromatic carbocycles. The lowest BCUT2D eigenvalue weighted by Crippen LogP contribution is -2.54. The summed E-state index contributed by atoms with van der Waals surface area (Å²) in [5, 5.41) is 10.8. The first-order valence-electron chi connectivity index (χ1n) is 4.94. The molecule has 76 valence electrons. The molecule has 3 nitrogen and oxygen atoms in total. The summed E-state index contributed by atoms with van der Waals surface area (Å²) in [6.45, 7) is 11.5. The maximum absolute atomic E-state index is 9.40. The Kier molecular flexibility index (Phi) is 3.90. The van der Waals surface area contributed by atoms with E-state index in [9.17, 15) is 5.21 Å². The molecule has 0 aromatic heterocycles. The molecule has 0 amide bonds. The van der Waals surface area contributed by atoms with Crippen molar-refractivity contribution in [2.75, 3.05) is 26.2 Å². The third-order valence-corrected chi connectivity index (χ3v) is 2.65. The van der Waals surface area contributed by atoms with Gasteiger partial charge in [0.15, 0.2) is 0 Å². The zero-order chi connectivity index (χ0) is 9.84. The molecule has 1 rings (SSSR count). The maximum atomic E-state index is 9.40. The Morgan fingerprint density at radius 3 is 2.77 bits per heavy atom. The van der Waals surface area contributed by atoms with Gasteiger partial charge in [0.05, 0.1) is 0 Å². The van der Waals surface area contributed by atoms with Gasteiger partial charge in [-0.2, -0.15) is 5.06 Å². The number of hydroxylamine groups is 2. The predicted octanol–water partition coefficient (Wildman–Crippen LogP) is 1.20. The number of hydrogen-bond donors (Lipinski definition) is 1. The second kappa shape index (κ2) is 4.74. The van der Waals surface area contributed by atoms with Crippen LogP contribution in [0.25, 0.3) is 0 Å². The Labute approximate surface area is 80.6 Å². The van der Waals surface area contributed by atoms with Crippen molar-refractivity contribution in [1.29, 1.82) is 0 Å². The van der Waals surface area contributed by atoms with Gasteiger partial charge in [0.1, 0.15) is 0 Å². The van der Waals surface area contributed by atoms with E-state index >= 15 is 0 Å². The maximum Gasteiger partial charge on any atom is 0.0397 e. The van der Waals surface area contributed by atoms with Crippen LogP contribution in [0.2, 0.25) is 0 Å². The highest BCUT2D eigenvalue weighted by molar-refractivity contribution is 4.85. The van der Waals surface area contributed by atoms with Crippen molar-refractivity contribution >= 4 is 0 Å². The summed E-state index contributed by atoms with van der Waals surface area (Å²) >= 11 is 0. The standard InChI is InChI=1S/C10H20N2O/c1-4-5-11-6-7-12(13)8-10(11)9(2)3/h4,9-10,13H,1,5-8H2,2-3H3. The van der Waals surface area contributed by atoms with Crippen molar-refractivity contribution in [3.63, 3.8) is 0 Å². The Hall–Kier alpha value is -0.380. The van der Waals surface area contributed by atoms with Gasteiger partial charge >= 0.3 is 0 Å². The first-order valence-corrected chi connectivity index (χ1v) is 4.94. The molecule has 3 heteroatoms. The summed E-state index contributed by atoms with van der Waals surface area (Å²) < 4.78 is 0. The van der Waals surface area contributed by atoms with Gasteiger partial charge in [-0.25, -0.2) is 0 Å². The smallest absolute Gasteiger partial charge is 0.0397 e. The Bertz CT molecular complexity index is 170. The van der Waals surface area contributed by atoms with E-state index in [1.54, 1.807) is 0 Å². The van der Waals surface area contributed by atoms with Crippen LogP contribution in [0.15, 0.2) is 12.7 Å². The van der Waals surface area contributed by atoms with E-state index in [-0.39, 0.29) is 0 Å². The molecule has 1 aliphatic heterocycles. The normalized spacial score (nSPS) is 26.6. The lowest BCUT2D eigenvalue weighted by atomic mass is 10.0. The second-order valence-electron chi connectivity index (χ2n) is 4.01. The monoisotopic (exact) mass is 184 g/mol. The molecule has 13 heavy (non-hydrogen) atoms. The van der Waals surface area contributed by atoms with Crippen LogP contribution in [-0.4, -0.2) is 47.4 Å². The number of hydrogen-bond acceptors (Lipinski definition) is 3. The second-order valence-corrected chi connectivity index (χ2v) is 4.01. The zero-order valence-corrected chi connectivity index (χ0v) is 8.61. The van der Waals surface area contributed by atoms with Gasteiger partial charge in [-0.3, -0.25) is 4.90 Å². The number of piperazine rings is 1. The van der Waals surface area contributed by atoms with Gasteiger partial charge < -0.3 is 5.21 Å². The molecule has 1 unspecified atom stereocenters. The van der Waals surface area contributed by atoms with Crippen LogP contribution in [0.3, 0.4) is 0 Å². The van der Waals surface area contributed by atoms with Crippen LogP contribution in [0.5, 0.6) is 0 Å². The minimum atomic E-state index is 0.455. The van der Waals surface area contributed by atoms with E-state index in [0.717, 1.165) is 26.2 Å². The zero-order valence-electron chi connectivity index (χ0n) is 8.61. The van der Waals surface area contributed by atoms with Crippen molar-refractivity contribution in [2.45, 2.75) is 19.9 Å². The molecule has 1 N–H and O–H groups in total.